The topological polar surface area (TPSA) is 43.1 Å². The SMILES string of the molecule is Cc1ccc(Cc2ccccc2)cc(N)c1=O. The summed E-state index contributed by atoms with van der Waals surface area (Å²) in [6, 6.07) is 15.7. The van der Waals surface area contributed by atoms with Gasteiger partial charge in [0, 0.05) is 0 Å². The molecule has 0 saturated heterocycles. The Balaban J connectivity index is 2.39. The molecule has 0 amide bonds. The van der Waals surface area contributed by atoms with Crippen LogP contribution in [-0.4, -0.2) is 0 Å². The van der Waals surface area contributed by atoms with Crippen LogP contribution in [0.15, 0.2) is 53.3 Å². The second kappa shape index (κ2) is 4.83. The first-order chi connectivity index (χ1) is 8.16. The van der Waals surface area contributed by atoms with Crippen LogP contribution in [0.5, 0.6) is 0 Å². The first kappa shape index (κ1) is 11.4. The minimum atomic E-state index is -0.0793. The zero-order valence-corrected chi connectivity index (χ0v) is 9.81. The van der Waals surface area contributed by atoms with Crippen LogP contribution in [0.25, 0.3) is 0 Å². The van der Waals surface area contributed by atoms with Crippen LogP contribution in [0.4, 0.5) is 5.69 Å². The van der Waals surface area contributed by atoms with E-state index in [-0.39, 0.29) is 5.43 Å². The molecule has 0 aromatic heterocycles. The summed E-state index contributed by atoms with van der Waals surface area (Å²) in [6.45, 7) is 1.78. The van der Waals surface area contributed by atoms with Gasteiger partial charge in [0.1, 0.15) is 0 Å². The summed E-state index contributed by atoms with van der Waals surface area (Å²) >= 11 is 0. The summed E-state index contributed by atoms with van der Waals surface area (Å²) in [7, 11) is 0. The fourth-order valence-electron chi connectivity index (χ4n) is 1.79. The number of aryl methyl sites for hydroxylation is 1. The van der Waals surface area contributed by atoms with Gasteiger partial charge in [-0.05, 0) is 36.1 Å². The molecular formula is C15H15NO. The lowest BCUT2D eigenvalue weighted by molar-refractivity contribution is 1.20. The molecule has 0 aliphatic carbocycles. The van der Waals surface area contributed by atoms with Crippen LogP contribution >= 0.6 is 0 Å². The Morgan fingerprint density at radius 3 is 2.41 bits per heavy atom. The Bertz CT molecular complexity index is 576. The maximum absolute atomic E-state index is 11.6. The lowest BCUT2D eigenvalue weighted by atomic mass is 10.1. The second-order valence-electron chi connectivity index (χ2n) is 4.18. The molecule has 0 bridgehead atoms. The summed E-state index contributed by atoms with van der Waals surface area (Å²) < 4.78 is 0. The minimum Gasteiger partial charge on any atom is -0.396 e. The molecule has 2 nitrogen and oxygen atoms in total. The van der Waals surface area contributed by atoms with Crippen LogP contribution in [0.1, 0.15) is 16.7 Å². The first-order valence-corrected chi connectivity index (χ1v) is 5.60. The third kappa shape index (κ3) is 2.72. The fourth-order valence-corrected chi connectivity index (χ4v) is 1.79. The van der Waals surface area contributed by atoms with E-state index in [0.29, 0.717) is 11.3 Å². The minimum absolute atomic E-state index is 0.0793. The summed E-state index contributed by atoms with van der Waals surface area (Å²) in [6.07, 6.45) is 0.790. The van der Waals surface area contributed by atoms with Crippen LogP contribution in [-0.2, 0) is 6.42 Å². The summed E-state index contributed by atoms with van der Waals surface area (Å²) in [5.41, 5.74) is 8.93. The highest BCUT2D eigenvalue weighted by molar-refractivity contribution is 5.43. The van der Waals surface area contributed by atoms with E-state index >= 15 is 0 Å². The van der Waals surface area contributed by atoms with E-state index < -0.39 is 0 Å². The normalized spacial score (nSPS) is 10.2. The predicted molar refractivity (Wildman–Crippen MR) is 71.1 cm³/mol. The smallest absolute Gasteiger partial charge is 0.204 e. The van der Waals surface area contributed by atoms with Gasteiger partial charge >= 0.3 is 0 Å². The predicted octanol–water partition coefficient (Wildman–Crippen LogP) is 2.53. The van der Waals surface area contributed by atoms with Crippen molar-refractivity contribution in [3.05, 3.63) is 75.4 Å². The molecule has 2 heteroatoms. The number of nitrogen functional groups attached to an aromatic ring is 1. The third-order valence-corrected chi connectivity index (χ3v) is 2.76. The van der Waals surface area contributed by atoms with Crippen molar-refractivity contribution in [2.75, 3.05) is 5.73 Å². The van der Waals surface area contributed by atoms with Gasteiger partial charge in [0.05, 0.1) is 5.69 Å². The zero-order chi connectivity index (χ0) is 12.3. The van der Waals surface area contributed by atoms with Crippen LogP contribution < -0.4 is 11.2 Å². The Morgan fingerprint density at radius 2 is 1.71 bits per heavy atom. The van der Waals surface area contributed by atoms with E-state index in [1.807, 2.05) is 30.3 Å². The summed E-state index contributed by atoms with van der Waals surface area (Å²) in [4.78, 5) is 11.6. The molecular weight excluding hydrogens is 210 g/mol. The van der Waals surface area contributed by atoms with Gasteiger partial charge < -0.3 is 5.73 Å². The lowest BCUT2D eigenvalue weighted by Crippen LogP contribution is -2.07. The van der Waals surface area contributed by atoms with Crippen molar-refractivity contribution < 1.29 is 0 Å². The van der Waals surface area contributed by atoms with E-state index in [2.05, 4.69) is 12.1 Å². The Morgan fingerprint density at radius 1 is 1.00 bits per heavy atom. The molecule has 0 saturated carbocycles. The van der Waals surface area contributed by atoms with Crippen LogP contribution in [0, 0.1) is 6.92 Å². The molecule has 2 rings (SSSR count). The quantitative estimate of drug-likeness (QED) is 0.853. The Kier molecular flexibility index (Phi) is 3.24. The van der Waals surface area contributed by atoms with Crippen molar-refractivity contribution in [1.82, 2.24) is 0 Å². The van der Waals surface area contributed by atoms with E-state index in [9.17, 15) is 4.79 Å². The highest BCUT2D eigenvalue weighted by Crippen LogP contribution is 2.10. The highest BCUT2D eigenvalue weighted by atomic mass is 16.1. The molecule has 2 aromatic carbocycles. The van der Waals surface area contributed by atoms with Gasteiger partial charge in [-0.3, -0.25) is 4.79 Å². The van der Waals surface area contributed by atoms with Crippen LogP contribution in [0.3, 0.4) is 0 Å². The van der Waals surface area contributed by atoms with Gasteiger partial charge in [-0.25, -0.2) is 0 Å². The highest BCUT2D eigenvalue weighted by Gasteiger charge is 2.00. The van der Waals surface area contributed by atoms with Crippen molar-refractivity contribution in [2.45, 2.75) is 13.3 Å². The fraction of sp³-hybridized carbons (Fsp3) is 0.133. The molecule has 0 radical (unpaired) electrons. The summed E-state index contributed by atoms with van der Waals surface area (Å²) in [5, 5.41) is 0. The van der Waals surface area contributed by atoms with Crippen molar-refractivity contribution in [3.8, 4) is 0 Å². The first-order valence-electron chi connectivity index (χ1n) is 5.60. The van der Waals surface area contributed by atoms with Crippen LogP contribution in [0.2, 0.25) is 0 Å². The molecule has 0 aliphatic rings. The van der Waals surface area contributed by atoms with Crippen molar-refractivity contribution in [1.29, 1.82) is 0 Å². The van der Waals surface area contributed by atoms with E-state index in [4.69, 9.17) is 5.73 Å². The number of hydrogen-bond donors (Lipinski definition) is 1. The maximum atomic E-state index is 11.6. The molecule has 17 heavy (non-hydrogen) atoms. The van der Waals surface area contributed by atoms with E-state index in [1.165, 1.54) is 5.56 Å². The van der Waals surface area contributed by atoms with E-state index in [1.54, 1.807) is 13.0 Å². The molecule has 0 fully saturated rings. The van der Waals surface area contributed by atoms with Gasteiger partial charge in [-0.1, -0.05) is 42.5 Å². The Labute approximate surface area is 101 Å². The average molecular weight is 225 g/mol. The molecule has 2 N–H and O–H groups in total. The average Bonchev–Trinajstić information content (AvgIpc) is 2.45. The number of hydrogen-bond acceptors (Lipinski definition) is 2. The molecule has 0 heterocycles. The molecule has 2 aromatic rings. The van der Waals surface area contributed by atoms with Gasteiger partial charge in [-0.2, -0.15) is 0 Å². The Hall–Kier alpha value is -2.09. The summed E-state index contributed by atoms with van der Waals surface area (Å²) in [5.74, 6) is 0. The lowest BCUT2D eigenvalue weighted by Gasteiger charge is -1.99. The number of anilines is 1. The van der Waals surface area contributed by atoms with E-state index in [0.717, 1.165) is 12.0 Å². The van der Waals surface area contributed by atoms with Gasteiger partial charge in [0.15, 0.2) is 0 Å². The zero-order valence-electron chi connectivity index (χ0n) is 9.81. The molecule has 0 spiro atoms. The van der Waals surface area contributed by atoms with Crippen molar-refractivity contribution in [2.24, 2.45) is 0 Å². The standard InChI is InChI=1S/C15H15NO/c1-11-7-8-13(10-14(16)15(11)17)9-12-5-3-2-4-6-12/h2-8,10H,9H2,1H3,(H2,16,17). The second-order valence-corrected chi connectivity index (χ2v) is 4.18. The maximum Gasteiger partial charge on any atom is 0.204 e. The molecule has 0 aliphatic heterocycles. The van der Waals surface area contributed by atoms with Crippen molar-refractivity contribution >= 4 is 5.69 Å². The molecule has 0 unspecified atom stereocenters. The largest absolute Gasteiger partial charge is 0.396 e. The van der Waals surface area contributed by atoms with Crippen molar-refractivity contribution in [3.63, 3.8) is 0 Å². The molecule has 86 valence electrons. The number of benzene rings is 1. The number of nitrogens with two attached hydrogens (primary N) is 1. The number of rotatable bonds is 2. The van der Waals surface area contributed by atoms with Gasteiger partial charge in [0.2, 0.25) is 5.43 Å². The third-order valence-electron chi connectivity index (χ3n) is 2.76. The van der Waals surface area contributed by atoms with Gasteiger partial charge in [0.25, 0.3) is 0 Å². The molecule has 0 atom stereocenters. The monoisotopic (exact) mass is 225 g/mol. The van der Waals surface area contributed by atoms with Gasteiger partial charge in [-0.15, -0.1) is 0 Å².